The van der Waals surface area contributed by atoms with Gasteiger partial charge in [0.2, 0.25) is 0 Å². The van der Waals surface area contributed by atoms with Crippen LogP contribution in [0.4, 0.5) is 18.9 Å². The molecule has 0 saturated carbocycles. The van der Waals surface area contributed by atoms with Crippen molar-refractivity contribution in [3.8, 4) is 6.07 Å². The van der Waals surface area contributed by atoms with Gasteiger partial charge in [0.25, 0.3) is 11.6 Å². The lowest BCUT2D eigenvalue weighted by atomic mass is 10.1. The number of rotatable bonds is 4. The van der Waals surface area contributed by atoms with Crippen molar-refractivity contribution in [1.29, 1.82) is 5.26 Å². The molecule has 21 heavy (non-hydrogen) atoms. The third-order valence-electron chi connectivity index (χ3n) is 2.68. The topological polar surface area (TPSA) is 87.2 Å². The van der Waals surface area contributed by atoms with E-state index in [1.54, 1.807) is 13.0 Å². The highest BCUT2D eigenvalue weighted by Crippen LogP contribution is 2.33. The second kappa shape index (κ2) is 6.21. The Morgan fingerprint density at radius 2 is 2.10 bits per heavy atom. The van der Waals surface area contributed by atoms with Gasteiger partial charge in [0.05, 0.1) is 16.6 Å². The molecule has 0 aliphatic rings. The van der Waals surface area contributed by atoms with Gasteiger partial charge in [0.1, 0.15) is 12.1 Å². The summed E-state index contributed by atoms with van der Waals surface area (Å²) >= 11 is 0. The molecule has 0 N–H and O–H groups in total. The molecule has 0 aromatic heterocycles. The number of amides is 1. The Balaban J connectivity index is 3.34. The van der Waals surface area contributed by atoms with E-state index in [-0.39, 0.29) is 13.1 Å². The molecule has 1 aromatic rings. The van der Waals surface area contributed by atoms with Gasteiger partial charge in [-0.05, 0) is 19.1 Å². The normalized spacial score (nSPS) is 10.8. The van der Waals surface area contributed by atoms with Crippen LogP contribution in [0.1, 0.15) is 22.8 Å². The number of hydrogen-bond donors (Lipinski definition) is 0. The first-order chi connectivity index (χ1) is 9.72. The Morgan fingerprint density at radius 1 is 1.48 bits per heavy atom. The predicted molar refractivity (Wildman–Crippen MR) is 65.3 cm³/mol. The van der Waals surface area contributed by atoms with Crippen molar-refractivity contribution in [1.82, 2.24) is 4.90 Å². The number of nitro benzene ring substituents is 1. The quantitative estimate of drug-likeness (QED) is 0.486. The van der Waals surface area contributed by atoms with Crippen LogP contribution < -0.4 is 0 Å². The number of alkyl halides is 3. The maximum Gasteiger partial charge on any atom is 0.416 e. The molecule has 9 heteroatoms. The largest absolute Gasteiger partial charge is 0.416 e. The van der Waals surface area contributed by atoms with Crippen LogP contribution in [0, 0.1) is 21.4 Å². The summed E-state index contributed by atoms with van der Waals surface area (Å²) in [4.78, 5) is 22.9. The van der Waals surface area contributed by atoms with Crippen LogP contribution in [0.3, 0.4) is 0 Å². The molecule has 1 rings (SSSR count). The molecule has 112 valence electrons. The molecule has 0 atom stereocenters. The highest BCUT2D eigenvalue weighted by Gasteiger charge is 2.34. The number of nitrogens with zero attached hydrogens (tertiary/aromatic N) is 3. The fourth-order valence-electron chi connectivity index (χ4n) is 1.62. The zero-order valence-electron chi connectivity index (χ0n) is 10.8. The highest BCUT2D eigenvalue weighted by atomic mass is 19.4. The van der Waals surface area contributed by atoms with E-state index in [1.807, 2.05) is 0 Å². The van der Waals surface area contributed by atoms with Crippen molar-refractivity contribution in [3.63, 3.8) is 0 Å². The van der Waals surface area contributed by atoms with Crippen molar-refractivity contribution >= 4 is 11.6 Å². The van der Waals surface area contributed by atoms with Crippen LogP contribution >= 0.6 is 0 Å². The van der Waals surface area contributed by atoms with Gasteiger partial charge in [0.15, 0.2) is 0 Å². The number of benzene rings is 1. The van der Waals surface area contributed by atoms with Crippen molar-refractivity contribution in [2.75, 3.05) is 13.1 Å². The summed E-state index contributed by atoms with van der Waals surface area (Å²) in [6.07, 6.45) is -4.75. The monoisotopic (exact) mass is 301 g/mol. The van der Waals surface area contributed by atoms with Crippen molar-refractivity contribution < 1.29 is 22.9 Å². The first-order valence-electron chi connectivity index (χ1n) is 5.74. The summed E-state index contributed by atoms with van der Waals surface area (Å²) in [5, 5.41) is 19.4. The van der Waals surface area contributed by atoms with E-state index in [2.05, 4.69) is 0 Å². The third-order valence-corrected chi connectivity index (χ3v) is 2.68. The molecule has 0 spiro atoms. The highest BCUT2D eigenvalue weighted by molar-refractivity contribution is 5.98. The van der Waals surface area contributed by atoms with Gasteiger partial charge >= 0.3 is 6.18 Å². The van der Waals surface area contributed by atoms with Crippen LogP contribution in [0.5, 0.6) is 0 Å². The summed E-state index contributed by atoms with van der Waals surface area (Å²) in [5.74, 6) is -0.862. The maximum absolute atomic E-state index is 12.5. The molecule has 6 nitrogen and oxygen atoms in total. The van der Waals surface area contributed by atoms with Crippen LogP contribution in [-0.4, -0.2) is 28.8 Å². The van der Waals surface area contributed by atoms with E-state index in [9.17, 15) is 28.1 Å². The minimum absolute atomic E-state index is 0.102. The average Bonchev–Trinajstić information content (AvgIpc) is 2.42. The Labute approximate surface area is 117 Å². The van der Waals surface area contributed by atoms with Gasteiger partial charge in [-0.3, -0.25) is 14.9 Å². The van der Waals surface area contributed by atoms with Crippen LogP contribution in [0.2, 0.25) is 0 Å². The van der Waals surface area contributed by atoms with Gasteiger partial charge in [-0.25, -0.2) is 0 Å². The summed E-state index contributed by atoms with van der Waals surface area (Å²) in [7, 11) is 0. The van der Waals surface area contributed by atoms with Crippen molar-refractivity contribution in [3.05, 3.63) is 39.4 Å². The fraction of sp³-hybridized carbons (Fsp3) is 0.333. The first-order valence-corrected chi connectivity index (χ1v) is 5.74. The number of hydrogen-bond acceptors (Lipinski definition) is 4. The Kier molecular flexibility index (Phi) is 4.86. The van der Waals surface area contributed by atoms with E-state index < -0.39 is 33.8 Å². The van der Waals surface area contributed by atoms with Crippen molar-refractivity contribution in [2.45, 2.75) is 13.1 Å². The summed E-state index contributed by atoms with van der Waals surface area (Å²) in [6, 6.07) is 3.37. The molecule has 0 bridgehead atoms. The molecular formula is C12H10F3N3O3. The standard InChI is InChI=1S/C12H10F3N3O3/c1-2-17(6-5-16)11(19)9-4-3-8(12(13,14)15)7-10(9)18(20)21/h3-4,7H,2,6H2,1H3. The zero-order valence-corrected chi connectivity index (χ0v) is 10.8. The van der Waals surface area contributed by atoms with Gasteiger partial charge in [-0.2, -0.15) is 18.4 Å². The third kappa shape index (κ3) is 3.68. The minimum Gasteiger partial charge on any atom is -0.325 e. The molecule has 0 aliphatic carbocycles. The molecule has 1 aromatic carbocycles. The van der Waals surface area contributed by atoms with Crippen LogP contribution in [0.15, 0.2) is 18.2 Å². The van der Waals surface area contributed by atoms with E-state index in [0.29, 0.717) is 12.1 Å². The number of halogens is 3. The summed E-state index contributed by atoms with van der Waals surface area (Å²) in [5.41, 5.74) is -2.63. The second-order valence-electron chi connectivity index (χ2n) is 3.96. The SMILES string of the molecule is CCN(CC#N)C(=O)c1ccc(C(F)(F)F)cc1[N+](=O)[O-]. The molecular weight excluding hydrogens is 291 g/mol. The Bertz CT molecular complexity index is 608. The van der Waals surface area contributed by atoms with Gasteiger partial charge < -0.3 is 4.90 Å². The second-order valence-corrected chi connectivity index (χ2v) is 3.96. The lowest BCUT2D eigenvalue weighted by molar-refractivity contribution is -0.385. The van der Waals surface area contributed by atoms with E-state index in [1.165, 1.54) is 0 Å². The number of carbonyl (C=O) groups is 1. The fourth-order valence-corrected chi connectivity index (χ4v) is 1.62. The minimum atomic E-state index is -4.75. The number of carbonyl (C=O) groups excluding carboxylic acids is 1. The van der Waals surface area contributed by atoms with E-state index in [0.717, 1.165) is 11.0 Å². The van der Waals surface area contributed by atoms with Gasteiger partial charge in [-0.1, -0.05) is 0 Å². The lowest BCUT2D eigenvalue weighted by Gasteiger charge is -2.17. The Morgan fingerprint density at radius 3 is 2.52 bits per heavy atom. The maximum atomic E-state index is 12.5. The molecule has 0 radical (unpaired) electrons. The molecule has 0 heterocycles. The Hall–Kier alpha value is -2.63. The number of nitriles is 1. The van der Waals surface area contributed by atoms with Crippen molar-refractivity contribution in [2.24, 2.45) is 0 Å². The van der Waals surface area contributed by atoms with Gasteiger partial charge in [-0.15, -0.1) is 0 Å². The van der Waals surface area contributed by atoms with Crippen LogP contribution in [0.25, 0.3) is 0 Å². The zero-order chi connectivity index (χ0) is 16.2. The van der Waals surface area contributed by atoms with E-state index >= 15 is 0 Å². The average molecular weight is 301 g/mol. The summed E-state index contributed by atoms with van der Waals surface area (Å²) < 4.78 is 37.6. The molecule has 0 saturated heterocycles. The summed E-state index contributed by atoms with van der Waals surface area (Å²) in [6.45, 7) is 1.34. The smallest absolute Gasteiger partial charge is 0.325 e. The van der Waals surface area contributed by atoms with Crippen LogP contribution in [-0.2, 0) is 6.18 Å². The number of nitro groups is 1. The molecule has 0 aliphatic heterocycles. The predicted octanol–water partition coefficient (Wildman–Crippen LogP) is 2.60. The van der Waals surface area contributed by atoms with Gasteiger partial charge in [0, 0.05) is 12.6 Å². The first kappa shape index (κ1) is 16.4. The molecule has 0 unspecified atom stereocenters. The molecule has 1 amide bonds. The molecule has 0 fully saturated rings. The lowest BCUT2D eigenvalue weighted by Crippen LogP contribution is -2.31. The van der Waals surface area contributed by atoms with E-state index in [4.69, 9.17) is 5.26 Å².